The van der Waals surface area contributed by atoms with Crippen LogP contribution in [0.3, 0.4) is 0 Å². The Labute approximate surface area is 129 Å². The molecule has 5 unspecified atom stereocenters. The van der Waals surface area contributed by atoms with E-state index >= 15 is 0 Å². The molecule has 1 aromatic rings. The van der Waals surface area contributed by atoms with Crippen LogP contribution in [0.1, 0.15) is 57.4 Å². The third-order valence-electron chi connectivity index (χ3n) is 6.55. The Morgan fingerprint density at radius 1 is 1.00 bits per heavy atom. The highest BCUT2D eigenvalue weighted by Crippen LogP contribution is 2.59. The fraction of sp³-hybridized carbons (Fsp3) is 0.700. The first-order chi connectivity index (χ1) is 10.3. The van der Waals surface area contributed by atoms with Gasteiger partial charge in [-0.05, 0) is 79.9 Å². The van der Waals surface area contributed by atoms with Crippen LogP contribution in [-0.4, -0.2) is 6.04 Å². The van der Waals surface area contributed by atoms with E-state index in [2.05, 4.69) is 36.5 Å². The van der Waals surface area contributed by atoms with E-state index in [0.717, 1.165) is 29.7 Å². The highest BCUT2D eigenvalue weighted by atomic mass is 14.9. The molecule has 21 heavy (non-hydrogen) atoms. The molecule has 2 bridgehead atoms. The van der Waals surface area contributed by atoms with Crippen LogP contribution in [0.15, 0.2) is 24.3 Å². The summed E-state index contributed by atoms with van der Waals surface area (Å²) in [5.41, 5.74) is 2.84. The maximum absolute atomic E-state index is 3.87. The van der Waals surface area contributed by atoms with Gasteiger partial charge in [0, 0.05) is 11.7 Å². The lowest BCUT2D eigenvalue weighted by molar-refractivity contribution is 0.243. The smallest absolute Gasteiger partial charge is 0.0342 e. The minimum Gasteiger partial charge on any atom is -0.382 e. The van der Waals surface area contributed by atoms with Gasteiger partial charge in [-0.25, -0.2) is 0 Å². The Balaban J connectivity index is 1.38. The molecule has 3 aliphatic rings. The van der Waals surface area contributed by atoms with Gasteiger partial charge in [0.15, 0.2) is 0 Å². The van der Waals surface area contributed by atoms with Crippen molar-refractivity contribution in [1.29, 1.82) is 0 Å². The van der Waals surface area contributed by atoms with Gasteiger partial charge in [-0.1, -0.05) is 31.9 Å². The van der Waals surface area contributed by atoms with Crippen LogP contribution in [0.5, 0.6) is 0 Å². The summed E-state index contributed by atoms with van der Waals surface area (Å²) in [6, 6.07) is 10.0. The van der Waals surface area contributed by atoms with Crippen molar-refractivity contribution >= 4 is 5.69 Å². The van der Waals surface area contributed by atoms with Crippen LogP contribution in [0.25, 0.3) is 0 Å². The average molecular weight is 283 g/mol. The van der Waals surface area contributed by atoms with Crippen LogP contribution in [-0.2, 0) is 6.42 Å². The fourth-order valence-electron chi connectivity index (χ4n) is 5.60. The number of rotatable bonds is 5. The van der Waals surface area contributed by atoms with Gasteiger partial charge in [-0.2, -0.15) is 0 Å². The van der Waals surface area contributed by atoms with Gasteiger partial charge in [0.05, 0.1) is 0 Å². The van der Waals surface area contributed by atoms with Crippen molar-refractivity contribution < 1.29 is 0 Å². The number of anilines is 1. The molecule has 1 aromatic carbocycles. The van der Waals surface area contributed by atoms with Gasteiger partial charge in [-0.15, -0.1) is 0 Å². The summed E-state index contributed by atoms with van der Waals surface area (Å²) in [5.74, 6) is 4.18. The molecule has 4 rings (SSSR count). The van der Waals surface area contributed by atoms with Crippen molar-refractivity contribution in [3.8, 4) is 0 Å². The SMILES string of the molecule is CCCCc1ccc(NC2CC3CC2C2CCCC32)cc1. The monoisotopic (exact) mass is 283 g/mol. The van der Waals surface area contributed by atoms with Gasteiger partial charge in [0.25, 0.3) is 0 Å². The Kier molecular flexibility index (Phi) is 3.69. The Morgan fingerprint density at radius 3 is 2.62 bits per heavy atom. The summed E-state index contributed by atoms with van der Waals surface area (Å²) >= 11 is 0. The fourth-order valence-corrected chi connectivity index (χ4v) is 5.60. The maximum atomic E-state index is 3.87. The summed E-state index contributed by atoms with van der Waals surface area (Å²) in [7, 11) is 0. The molecule has 0 aromatic heterocycles. The zero-order valence-electron chi connectivity index (χ0n) is 13.4. The molecule has 1 nitrogen and oxygen atoms in total. The standard InChI is InChI=1S/C20H29N/c1-2-3-5-14-8-10-16(11-9-14)21-20-13-15-12-19(20)18-7-4-6-17(15)18/h8-11,15,17-21H,2-7,12-13H2,1H3. The number of nitrogens with one attached hydrogen (secondary N) is 1. The van der Waals surface area contributed by atoms with Crippen LogP contribution in [0.4, 0.5) is 5.69 Å². The first-order valence-electron chi connectivity index (χ1n) is 9.20. The minimum absolute atomic E-state index is 0.760. The molecule has 3 aliphatic carbocycles. The van der Waals surface area contributed by atoms with Gasteiger partial charge in [0.1, 0.15) is 0 Å². The van der Waals surface area contributed by atoms with E-state index in [9.17, 15) is 0 Å². The second-order valence-electron chi connectivity index (χ2n) is 7.71. The second-order valence-corrected chi connectivity index (χ2v) is 7.71. The number of aryl methyl sites for hydroxylation is 1. The average Bonchev–Trinajstić information content (AvgIpc) is 3.19. The van der Waals surface area contributed by atoms with Crippen LogP contribution in [0, 0.1) is 23.7 Å². The van der Waals surface area contributed by atoms with E-state index in [-0.39, 0.29) is 0 Å². The number of hydrogen-bond acceptors (Lipinski definition) is 1. The van der Waals surface area contributed by atoms with Crippen LogP contribution >= 0.6 is 0 Å². The lowest BCUT2D eigenvalue weighted by Gasteiger charge is -2.32. The summed E-state index contributed by atoms with van der Waals surface area (Å²) in [6.07, 6.45) is 11.3. The van der Waals surface area contributed by atoms with Crippen LogP contribution < -0.4 is 5.32 Å². The molecule has 0 radical (unpaired) electrons. The molecule has 1 N–H and O–H groups in total. The summed E-state index contributed by atoms with van der Waals surface area (Å²) in [4.78, 5) is 0. The lowest BCUT2D eigenvalue weighted by Crippen LogP contribution is -2.33. The Morgan fingerprint density at radius 2 is 1.81 bits per heavy atom. The predicted molar refractivity (Wildman–Crippen MR) is 89.5 cm³/mol. The second kappa shape index (κ2) is 5.66. The molecule has 114 valence electrons. The van der Waals surface area contributed by atoms with Crippen molar-refractivity contribution in [2.24, 2.45) is 23.7 Å². The van der Waals surface area contributed by atoms with Crippen molar-refractivity contribution in [2.75, 3.05) is 5.32 Å². The van der Waals surface area contributed by atoms with E-state index in [1.807, 2.05) is 0 Å². The number of unbranched alkanes of at least 4 members (excludes halogenated alkanes) is 1. The van der Waals surface area contributed by atoms with E-state index in [1.54, 1.807) is 0 Å². The third kappa shape index (κ3) is 2.49. The molecule has 0 amide bonds. The molecule has 0 aliphatic heterocycles. The van der Waals surface area contributed by atoms with E-state index in [4.69, 9.17) is 0 Å². The minimum atomic E-state index is 0.760. The number of hydrogen-bond donors (Lipinski definition) is 1. The third-order valence-corrected chi connectivity index (χ3v) is 6.55. The highest BCUT2D eigenvalue weighted by Gasteiger charge is 2.53. The maximum Gasteiger partial charge on any atom is 0.0342 e. The summed E-state index contributed by atoms with van der Waals surface area (Å²) in [5, 5.41) is 3.87. The topological polar surface area (TPSA) is 12.0 Å². The highest BCUT2D eigenvalue weighted by molar-refractivity contribution is 5.46. The Bertz CT molecular complexity index is 477. The van der Waals surface area contributed by atoms with Crippen molar-refractivity contribution in [3.63, 3.8) is 0 Å². The summed E-state index contributed by atoms with van der Waals surface area (Å²) in [6.45, 7) is 2.27. The van der Waals surface area contributed by atoms with E-state index in [0.29, 0.717) is 0 Å². The summed E-state index contributed by atoms with van der Waals surface area (Å²) < 4.78 is 0. The molecule has 5 atom stereocenters. The molecule has 3 fully saturated rings. The van der Waals surface area contributed by atoms with Crippen molar-refractivity contribution in [1.82, 2.24) is 0 Å². The van der Waals surface area contributed by atoms with Crippen molar-refractivity contribution in [2.45, 2.75) is 64.3 Å². The van der Waals surface area contributed by atoms with Gasteiger partial charge >= 0.3 is 0 Å². The number of benzene rings is 1. The van der Waals surface area contributed by atoms with Gasteiger partial charge < -0.3 is 5.32 Å². The van der Waals surface area contributed by atoms with Gasteiger partial charge in [-0.3, -0.25) is 0 Å². The molecule has 1 heteroatoms. The van der Waals surface area contributed by atoms with E-state index < -0.39 is 0 Å². The number of fused-ring (bicyclic) bond motifs is 5. The van der Waals surface area contributed by atoms with Gasteiger partial charge in [0.2, 0.25) is 0 Å². The normalized spacial score (nSPS) is 36.9. The first kappa shape index (κ1) is 13.7. The zero-order valence-corrected chi connectivity index (χ0v) is 13.4. The lowest BCUT2D eigenvalue weighted by atomic mass is 9.79. The molecule has 0 spiro atoms. The van der Waals surface area contributed by atoms with E-state index in [1.165, 1.54) is 62.6 Å². The zero-order chi connectivity index (χ0) is 14.2. The van der Waals surface area contributed by atoms with Crippen LogP contribution in [0.2, 0.25) is 0 Å². The Hall–Kier alpha value is -0.980. The predicted octanol–water partition coefficient (Wildman–Crippen LogP) is 5.27. The van der Waals surface area contributed by atoms with Crippen molar-refractivity contribution in [3.05, 3.63) is 29.8 Å². The first-order valence-corrected chi connectivity index (χ1v) is 9.20. The molecule has 0 saturated heterocycles. The molecular weight excluding hydrogens is 254 g/mol. The quantitative estimate of drug-likeness (QED) is 0.776. The largest absolute Gasteiger partial charge is 0.382 e. The molecule has 3 saturated carbocycles. The molecular formula is C20H29N. The molecule has 0 heterocycles.